The SMILES string of the molecule is COC(Cn1nnnc1SCCSC(F)(F)F)OC. The van der Waals surface area contributed by atoms with Crippen molar-refractivity contribution in [2.45, 2.75) is 23.5 Å². The Labute approximate surface area is 116 Å². The van der Waals surface area contributed by atoms with Gasteiger partial charge in [0.1, 0.15) is 0 Å². The number of hydrogen-bond donors (Lipinski definition) is 0. The normalized spacial score (nSPS) is 12.3. The van der Waals surface area contributed by atoms with Crippen LogP contribution in [0.3, 0.4) is 0 Å². The number of halogens is 3. The minimum Gasteiger partial charge on any atom is -0.354 e. The number of tetrazole rings is 1. The summed E-state index contributed by atoms with van der Waals surface area (Å²) < 4.78 is 47.2. The van der Waals surface area contributed by atoms with Gasteiger partial charge in [-0.2, -0.15) is 13.2 Å². The molecular formula is C8H13F3N4O2S2. The Bertz CT molecular complexity index is 373. The zero-order valence-electron chi connectivity index (χ0n) is 10.3. The lowest BCUT2D eigenvalue weighted by Crippen LogP contribution is -2.22. The number of rotatable bonds is 8. The Morgan fingerprint density at radius 1 is 1.26 bits per heavy atom. The van der Waals surface area contributed by atoms with Crippen LogP contribution >= 0.6 is 23.5 Å². The zero-order valence-corrected chi connectivity index (χ0v) is 11.9. The maximum Gasteiger partial charge on any atom is 0.441 e. The molecule has 0 radical (unpaired) electrons. The van der Waals surface area contributed by atoms with E-state index in [1.54, 1.807) is 0 Å². The van der Waals surface area contributed by atoms with Crippen molar-refractivity contribution in [2.24, 2.45) is 0 Å². The lowest BCUT2D eigenvalue weighted by atomic mass is 10.6. The molecule has 0 aromatic carbocycles. The van der Waals surface area contributed by atoms with Gasteiger partial charge in [-0.3, -0.25) is 0 Å². The number of nitrogens with zero attached hydrogens (tertiary/aromatic N) is 4. The van der Waals surface area contributed by atoms with Crippen molar-refractivity contribution in [2.75, 3.05) is 25.7 Å². The molecule has 0 saturated carbocycles. The van der Waals surface area contributed by atoms with Crippen molar-refractivity contribution in [1.29, 1.82) is 0 Å². The van der Waals surface area contributed by atoms with Gasteiger partial charge in [-0.1, -0.05) is 23.5 Å². The van der Waals surface area contributed by atoms with Crippen LogP contribution in [0.1, 0.15) is 0 Å². The molecule has 0 aliphatic rings. The van der Waals surface area contributed by atoms with E-state index in [1.807, 2.05) is 0 Å². The summed E-state index contributed by atoms with van der Waals surface area (Å²) in [6.07, 6.45) is -0.507. The molecule has 0 saturated heterocycles. The molecule has 110 valence electrons. The molecule has 0 unspecified atom stereocenters. The van der Waals surface area contributed by atoms with Crippen LogP contribution in [-0.2, 0) is 16.0 Å². The monoisotopic (exact) mass is 318 g/mol. The first kappa shape index (κ1) is 16.5. The van der Waals surface area contributed by atoms with Crippen LogP contribution in [0.2, 0.25) is 0 Å². The van der Waals surface area contributed by atoms with Gasteiger partial charge in [-0.05, 0) is 10.4 Å². The van der Waals surface area contributed by atoms with Gasteiger partial charge in [-0.15, -0.1) is 5.10 Å². The molecule has 1 aromatic heterocycles. The average Bonchev–Trinajstić information content (AvgIpc) is 2.78. The Kier molecular flexibility index (Phi) is 6.89. The van der Waals surface area contributed by atoms with Crippen LogP contribution in [0.15, 0.2) is 5.16 Å². The highest BCUT2D eigenvalue weighted by Crippen LogP contribution is 2.31. The summed E-state index contributed by atoms with van der Waals surface area (Å²) in [4.78, 5) is 0. The van der Waals surface area contributed by atoms with Gasteiger partial charge in [0, 0.05) is 25.7 Å². The van der Waals surface area contributed by atoms with Crippen LogP contribution < -0.4 is 0 Å². The number of thioether (sulfide) groups is 2. The number of alkyl halides is 3. The molecule has 0 amide bonds. The number of ether oxygens (including phenoxy) is 2. The predicted octanol–water partition coefficient (Wildman–Crippen LogP) is 1.64. The molecular weight excluding hydrogens is 305 g/mol. The summed E-state index contributed by atoms with van der Waals surface area (Å²) >= 11 is 1.09. The van der Waals surface area contributed by atoms with Crippen molar-refractivity contribution in [3.63, 3.8) is 0 Å². The molecule has 0 aliphatic carbocycles. The minimum absolute atomic E-state index is 0.0565. The molecule has 0 bridgehead atoms. The molecule has 1 rings (SSSR count). The van der Waals surface area contributed by atoms with E-state index in [-0.39, 0.29) is 29.8 Å². The van der Waals surface area contributed by atoms with E-state index in [1.165, 1.54) is 18.9 Å². The summed E-state index contributed by atoms with van der Waals surface area (Å²) in [6, 6.07) is 0. The second-order valence-electron chi connectivity index (χ2n) is 3.19. The molecule has 1 heterocycles. The summed E-state index contributed by atoms with van der Waals surface area (Å²) in [5.74, 6) is 0.203. The molecule has 0 fully saturated rings. The van der Waals surface area contributed by atoms with Crippen molar-refractivity contribution in [3.8, 4) is 0 Å². The summed E-state index contributed by atoms with van der Waals surface area (Å²) in [6.45, 7) is 0.273. The first-order valence-corrected chi connectivity index (χ1v) is 7.08. The van der Waals surface area contributed by atoms with E-state index in [9.17, 15) is 13.2 Å². The second-order valence-corrected chi connectivity index (χ2v) is 5.41. The zero-order chi connectivity index (χ0) is 14.3. The van der Waals surface area contributed by atoms with Gasteiger partial charge >= 0.3 is 5.51 Å². The fourth-order valence-electron chi connectivity index (χ4n) is 1.09. The second kappa shape index (κ2) is 7.92. The van der Waals surface area contributed by atoms with E-state index in [4.69, 9.17) is 9.47 Å². The van der Waals surface area contributed by atoms with Crippen LogP contribution in [-0.4, -0.2) is 57.7 Å². The first-order chi connectivity index (χ1) is 8.96. The van der Waals surface area contributed by atoms with Gasteiger partial charge in [0.15, 0.2) is 6.29 Å². The molecule has 1 aromatic rings. The Morgan fingerprint density at radius 2 is 1.95 bits per heavy atom. The lowest BCUT2D eigenvalue weighted by Gasteiger charge is -2.13. The van der Waals surface area contributed by atoms with Crippen LogP contribution in [0.25, 0.3) is 0 Å². The molecule has 0 aliphatic heterocycles. The quantitative estimate of drug-likeness (QED) is 0.410. The van der Waals surface area contributed by atoms with E-state index < -0.39 is 11.8 Å². The molecule has 0 N–H and O–H groups in total. The fraction of sp³-hybridized carbons (Fsp3) is 0.875. The Balaban J connectivity index is 2.40. The minimum atomic E-state index is -4.20. The first-order valence-electron chi connectivity index (χ1n) is 5.11. The van der Waals surface area contributed by atoms with Gasteiger partial charge in [-0.25, -0.2) is 4.68 Å². The third-order valence-electron chi connectivity index (χ3n) is 1.93. The number of hydrogen-bond acceptors (Lipinski definition) is 7. The Hall–Kier alpha value is -0.520. The molecule has 11 heteroatoms. The van der Waals surface area contributed by atoms with Gasteiger partial charge in [0.2, 0.25) is 5.16 Å². The molecule has 0 spiro atoms. The highest BCUT2D eigenvalue weighted by Gasteiger charge is 2.27. The topological polar surface area (TPSA) is 62.1 Å². The van der Waals surface area contributed by atoms with E-state index in [0.717, 1.165) is 11.8 Å². The largest absolute Gasteiger partial charge is 0.441 e. The van der Waals surface area contributed by atoms with Crippen LogP contribution in [0.4, 0.5) is 13.2 Å². The molecule has 19 heavy (non-hydrogen) atoms. The van der Waals surface area contributed by atoms with Crippen LogP contribution in [0.5, 0.6) is 0 Å². The number of aromatic nitrogens is 4. The van der Waals surface area contributed by atoms with Crippen LogP contribution in [0, 0.1) is 0 Å². The van der Waals surface area contributed by atoms with Gasteiger partial charge in [0.05, 0.1) is 6.54 Å². The van der Waals surface area contributed by atoms with E-state index >= 15 is 0 Å². The summed E-state index contributed by atoms with van der Waals surface area (Å²) in [5.41, 5.74) is -4.20. The molecule has 6 nitrogen and oxygen atoms in total. The summed E-state index contributed by atoms with van der Waals surface area (Å²) in [7, 11) is 2.95. The van der Waals surface area contributed by atoms with Crippen molar-refractivity contribution in [3.05, 3.63) is 0 Å². The maximum absolute atomic E-state index is 11.9. The Morgan fingerprint density at radius 3 is 2.53 bits per heavy atom. The van der Waals surface area contributed by atoms with Gasteiger partial charge in [0.25, 0.3) is 0 Å². The highest BCUT2D eigenvalue weighted by molar-refractivity contribution is 8.03. The van der Waals surface area contributed by atoms with Crippen molar-refractivity contribution >= 4 is 23.5 Å². The predicted molar refractivity (Wildman–Crippen MR) is 64.9 cm³/mol. The van der Waals surface area contributed by atoms with Gasteiger partial charge < -0.3 is 9.47 Å². The van der Waals surface area contributed by atoms with Crippen molar-refractivity contribution in [1.82, 2.24) is 20.2 Å². The fourth-order valence-corrected chi connectivity index (χ4v) is 2.53. The third-order valence-corrected chi connectivity index (χ3v) is 3.88. The summed E-state index contributed by atoms with van der Waals surface area (Å²) in [5, 5.41) is 11.4. The third kappa shape index (κ3) is 6.45. The van der Waals surface area contributed by atoms with E-state index in [0.29, 0.717) is 5.16 Å². The van der Waals surface area contributed by atoms with E-state index in [2.05, 4.69) is 15.5 Å². The number of methoxy groups -OCH3 is 2. The van der Waals surface area contributed by atoms with Crippen molar-refractivity contribution < 1.29 is 22.6 Å². The molecule has 0 atom stereocenters. The highest BCUT2D eigenvalue weighted by atomic mass is 32.2. The average molecular weight is 318 g/mol. The smallest absolute Gasteiger partial charge is 0.354 e. The standard InChI is InChI=1S/C8H13F3N4O2S2/c1-16-6(17-2)5-15-7(12-13-14-15)18-3-4-19-8(9,10)11/h6H,3-5H2,1-2H3. The maximum atomic E-state index is 11.9. The lowest BCUT2D eigenvalue weighted by molar-refractivity contribution is -0.113.